The van der Waals surface area contributed by atoms with Crippen molar-refractivity contribution in [2.75, 3.05) is 0 Å². The van der Waals surface area contributed by atoms with Crippen molar-refractivity contribution in [3.05, 3.63) is 54.2 Å². The van der Waals surface area contributed by atoms with Gasteiger partial charge in [-0.3, -0.25) is 14.4 Å². The molecule has 0 radical (unpaired) electrons. The molecule has 0 saturated carbocycles. The minimum absolute atomic E-state index is 0.00376. The van der Waals surface area contributed by atoms with Gasteiger partial charge in [-0.2, -0.15) is 0 Å². The van der Waals surface area contributed by atoms with Crippen molar-refractivity contribution in [1.29, 1.82) is 0 Å². The van der Waals surface area contributed by atoms with E-state index in [0.29, 0.717) is 5.69 Å². The van der Waals surface area contributed by atoms with Crippen LogP contribution in [0.1, 0.15) is 38.4 Å². The molecule has 0 aliphatic rings. The normalized spacial score (nSPS) is 15.2. The third kappa shape index (κ3) is 8.13. The predicted molar refractivity (Wildman–Crippen MR) is 147 cm³/mol. The van der Waals surface area contributed by atoms with E-state index in [1.807, 2.05) is 38.1 Å². The van der Waals surface area contributed by atoms with Crippen LogP contribution in [-0.2, 0) is 32.0 Å². The summed E-state index contributed by atoms with van der Waals surface area (Å²) in [5.41, 5.74) is 7.91. The third-order valence-electron chi connectivity index (χ3n) is 6.49. The predicted octanol–water partition coefficient (Wildman–Crippen LogP) is -0.0306. The number of aromatic nitrogens is 3. The van der Waals surface area contributed by atoms with Crippen LogP contribution in [-0.4, -0.2) is 79.1 Å². The molecule has 2 heterocycles. The summed E-state index contributed by atoms with van der Waals surface area (Å²) < 4.78 is 0. The van der Waals surface area contributed by atoms with E-state index in [9.17, 15) is 29.4 Å². The zero-order chi connectivity index (χ0) is 29.4. The molecule has 9 N–H and O–H groups in total. The van der Waals surface area contributed by atoms with Crippen LogP contribution in [0.2, 0.25) is 0 Å². The first-order chi connectivity index (χ1) is 19.0. The molecule has 5 unspecified atom stereocenters. The lowest BCUT2D eigenvalue weighted by molar-refractivity contribution is -0.142. The number of nitrogens with one attached hydrogen (secondary N) is 5. The van der Waals surface area contributed by atoms with Gasteiger partial charge in [0.05, 0.1) is 12.4 Å². The molecule has 0 bridgehead atoms. The number of amides is 3. The molecule has 0 saturated heterocycles. The highest BCUT2D eigenvalue weighted by atomic mass is 16.4. The van der Waals surface area contributed by atoms with Gasteiger partial charge in [-0.1, -0.05) is 32.0 Å². The smallest absolute Gasteiger partial charge is 0.326 e. The first-order valence-electron chi connectivity index (χ1n) is 13.1. The Bertz CT molecular complexity index is 1300. The summed E-state index contributed by atoms with van der Waals surface area (Å²) in [5.74, 6) is -3.32. The second kappa shape index (κ2) is 13.7. The number of aliphatic carboxylic acids is 1. The molecule has 5 atom stereocenters. The Morgan fingerprint density at radius 1 is 0.925 bits per heavy atom. The third-order valence-corrected chi connectivity index (χ3v) is 6.49. The molecule has 13 heteroatoms. The number of carbonyl (C=O) groups is 4. The van der Waals surface area contributed by atoms with Gasteiger partial charge in [0.25, 0.3) is 0 Å². The zero-order valence-corrected chi connectivity index (χ0v) is 22.7. The average Bonchev–Trinajstić information content (AvgIpc) is 3.56. The number of rotatable bonds is 14. The molecule has 0 aliphatic carbocycles. The van der Waals surface area contributed by atoms with E-state index in [1.54, 1.807) is 6.20 Å². The summed E-state index contributed by atoms with van der Waals surface area (Å²) in [6.07, 6.45) is 3.71. The maximum Gasteiger partial charge on any atom is 0.326 e. The summed E-state index contributed by atoms with van der Waals surface area (Å²) in [7, 11) is 0. The highest BCUT2D eigenvalue weighted by Gasteiger charge is 2.32. The van der Waals surface area contributed by atoms with Crippen LogP contribution in [0, 0.1) is 5.92 Å². The van der Waals surface area contributed by atoms with E-state index in [0.717, 1.165) is 16.5 Å². The number of fused-ring (bicyclic) bond motifs is 1. The fourth-order valence-corrected chi connectivity index (χ4v) is 4.28. The quantitative estimate of drug-likeness (QED) is 0.135. The maximum atomic E-state index is 13.6. The number of nitrogens with two attached hydrogens (primary N) is 1. The summed E-state index contributed by atoms with van der Waals surface area (Å²) in [6, 6.07) is 2.66. The Labute approximate surface area is 231 Å². The monoisotopic (exact) mass is 555 g/mol. The topological polar surface area (TPSA) is 215 Å². The van der Waals surface area contributed by atoms with Crippen LogP contribution in [0.15, 0.2) is 43.0 Å². The number of H-pyrrole nitrogens is 2. The van der Waals surface area contributed by atoms with Crippen molar-refractivity contribution >= 4 is 34.6 Å². The largest absolute Gasteiger partial charge is 0.480 e. The molecular weight excluding hydrogens is 518 g/mol. The Morgan fingerprint density at radius 2 is 1.55 bits per heavy atom. The lowest BCUT2D eigenvalue weighted by atomic mass is 10.0. The minimum atomic E-state index is -1.28. The van der Waals surface area contributed by atoms with Crippen molar-refractivity contribution in [2.24, 2.45) is 11.7 Å². The van der Waals surface area contributed by atoms with E-state index >= 15 is 0 Å². The van der Waals surface area contributed by atoms with Gasteiger partial charge >= 0.3 is 5.97 Å². The Kier molecular flexibility index (Phi) is 10.4. The summed E-state index contributed by atoms with van der Waals surface area (Å²) in [4.78, 5) is 61.3. The molecule has 3 amide bonds. The van der Waals surface area contributed by atoms with Gasteiger partial charge in [0.1, 0.15) is 24.2 Å². The average molecular weight is 556 g/mol. The van der Waals surface area contributed by atoms with Crippen LogP contribution in [0.5, 0.6) is 0 Å². The number of aliphatic hydroxyl groups is 1. The number of aromatic amines is 2. The number of hydrogen-bond donors (Lipinski definition) is 8. The van der Waals surface area contributed by atoms with Gasteiger partial charge in [0.15, 0.2) is 0 Å². The van der Waals surface area contributed by atoms with Crippen molar-refractivity contribution in [1.82, 2.24) is 30.9 Å². The SMILES string of the molecule is CC(C)CC(NC(=O)C(Cc1cnc[nH]1)NC(=O)C(Cc1c[nH]c2ccccc12)NC(=O)C(N)C(C)O)C(=O)O. The molecule has 40 heavy (non-hydrogen) atoms. The van der Waals surface area contributed by atoms with Crippen LogP contribution in [0.3, 0.4) is 0 Å². The van der Waals surface area contributed by atoms with E-state index in [-0.39, 0.29) is 25.2 Å². The lowest BCUT2D eigenvalue weighted by Crippen LogP contribution is -2.59. The Morgan fingerprint density at radius 3 is 2.15 bits per heavy atom. The van der Waals surface area contributed by atoms with Crippen LogP contribution >= 0.6 is 0 Å². The number of carboxylic acids is 1. The number of para-hydroxylation sites is 1. The van der Waals surface area contributed by atoms with E-state index in [1.165, 1.54) is 19.4 Å². The zero-order valence-electron chi connectivity index (χ0n) is 22.7. The van der Waals surface area contributed by atoms with Crippen molar-refractivity contribution in [3.63, 3.8) is 0 Å². The maximum absolute atomic E-state index is 13.6. The Balaban J connectivity index is 1.87. The van der Waals surface area contributed by atoms with E-state index in [2.05, 4.69) is 30.9 Å². The highest BCUT2D eigenvalue weighted by molar-refractivity contribution is 5.95. The van der Waals surface area contributed by atoms with Gasteiger partial charge in [-0.05, 0) is 30.9 Å². The number of aliphatic hydroxyl groups excluding tert-OH is 1. The molecule has 216 valence electrons. The summed E-state index contributed by atoms with van der Waals surface area (Å²) >= 11 is 0. The van der Waals surface area contributed by atoms with Gasteiger partial charge in [-0.15, -0.1) is 0 Å². The molecule has 2 aromatic heterocycles. The summed E-state index contributed by atoms with van der Waals surface area (Å²) in [6.45, 7) is 5.03. The molecule has 1 aromatic carbocycles. The molecule has 0 aliphatic heterocycles. The van der Waals surface area contributed by atoms with Crippen LogP contribution < -0.4 is 21.7 Å². The van der Waals surface area contributed by atoms with Gasteiger partial charge in [0, 0.05) is 41.8 Å². The number of imidazole rings is 1. The fourth-order valence-electron chi connectivity index (χ4n) is 4.28. The van der Waals surface area contributed by atoms with Gasteiger partial charge < -0.3 is 41.9 Å². The fraction of sp³-hybridized carbons (Fsp3) is 0.444. The van der Waals surface area contributed by atoms with Crippen LogP contribution in [0.25, 0.3) is 10.9 Å². The van der Waals surface area contributed by atoms with Crippen molar-refractivity contribution < 1.29 is 29.4 Å². The second-order valence-electron chi connectivity index (χ2n) is 10.3. The number of nitrogens with zero attached hydrogens (tertiary/aromatic N) is 1. The molecule has 3 rings (SSSR count). The molecule has 3 aromatic rings. The van der Waals surface area contributed by atoms with Gasteiger partial charge in [-0.25, -0.2) is 9.78 Å². The van der Waals surface area contributed by atoms with E-state index < -0.39 is 54.0 Å². The number of carbonyl (C=O) groups excluding carboxylic acids is 3. The van der Waals surface area contributed by atoms with Crippen LogP contribution in [0.4, 0.5) is 0 Å². The second-order valence-corrected chi connectivity index (χ2v) is 10.3. The Hall–Kier alpha value is -4.23. The number of benzene rings is 1. The van der Waals surface area contributed by atoms with E-state index in [4.69, 9.17) is 5.73 Å². The standard InChI is InChI=1S/C27H37N7O6/c1-14(2)8-22(27(39)40)34-25(37)21(10-17-12-29-13-31-17)32-24(36)20(33-26(38)23(28)15(3)35)9-16-11-30-19-7-5-4-6-18(16)19/h4-7,11-15,20-23,30,35H,8-10,28H2,1-3H3,(H,29,31)(H,32,36)(H,33,38)(H,34,37)(H,39,40). The number of hydrogen-bond acceptors (Lipinski definition) is 7. The molecule has 13 nitrogen and oxygen atoms in total. The minimum Gasteiger partial charge on any atom is -0.480 e. The van der Waals surface area contributed by atoms with Crippen molar-refractivity contribution in [3.8, 4) is 0 Å². The van der Waals surface area contributed by atoms with Crippen molar-refractivity contribution in [2.45, 2.75) is 70.3 Å². The molecule has 0 spiro atoms. The summed E-state index contributed by atoms with van der Waals surface area (Å²) in [5, 5.41) is 28.0. The first kappa shape index (κ1) is 30.3. The first-order valence-corrected chi connectivity index (χ1v) is 13.1. The van der Waals surface area contributed by atoms with Gasteiger partial charge in [0.2, 0.25) is 17.7 Å². The molecular formula is C27H37N7O6. The molecule has 0 fully saturated rings. The lowest BCUT2D eigenvalue weighted by Gasteiger charge is -2.26. The highest BCUT2D eigenvalue weighted by Crippen LogP contribution is 2.19. The number of carboxylic acid groups (broad SMARTS) is 1.